The highest BCUT2D eigenvalue weighted by atomic mass is 79.9. The first-order chi connectivity index (χ1) is 8.16. The molecule has 0 spiro atoms. The smallest absolute Gasteiger partial charge is 0.303 e. The van der Waals surface area contributed by atoms with Gasteiger partial charge in [-0.05, 0) is 28.1 Å². The molecule has 0 bridgehead atoms. The van der Waals surface area contributed by atoms with Crippen molar-refractivity contribution in [2.45, 2.75) is 12.8 Å². The lowest BCUT2D eigenvalue weighted by molar-refractivity contribution is -0.136. The van der Waals surface area contributed by atoms with Gasteiger partial charge in [0, 0.05) is 17.1 Å². The molecule has 0 aliphatic carbocycles. The fraction of sp³-hybridized carbons (Fsp3) is 0.167. The van der Waals surface area contributed by atoms with Gasteiger partial charge >= 0.3 is 5.97 Å². The Balaban J connectivity index is 2.18. The van der Waals surface area contributed by atoms with Gasteiger partial charge in [0.05, 0.1) is 24.1 Å². The number of aromatic nitrogens is 2. The SMILES string of the molecule is O=C(O)CCc1cn(-c2ccccc2Br)cn1. The largest absolute Gasteiger partial charge is 0.481 e. The maximum Gasteiger partial charge on any atom is 0.303 e. The maximum absolute atomic E-state index is 10.5. The van der Waals surface area contributed by atoms with E-state index in [0.29, 0.717) is 6.42 Å². The van der Waals surface area contributed by atoms with E-state index < -0.39 is 5.97 Å². The zero-order chi connectivity index (χ0) is 12.3. The number of carboxylic acids is 1. The molecule has 2 rings (SSSR count). The molecule has 2 aromatic rings. The van der Waals surface area contributed by atoms with E-state index in [2.05, 4.69) is 20.9 Å². The number of rotatable bonds is 4. The molecule has 5 heteroatoms. The number of hydrogen-bond acceptors (Lipinski definition) is 2. The fourth-order valence-corrected chi connectivity index (χ4v) is 2.01. The average Bonchev–Trinajstić information content (AvgIpc) is 2.75. The topological polar surface area (TPSA) is 55.1 Å². The van der Waals surface area contributed by atoms with Crippen LogP contribution in [0.2, 0.25) is 0 Å². The van der Waals surface area contributed by atoms with Gasteiger partial charge in [-0.2, -0.15) is 0 Å². The van der Waals surface area contributed by atoms with Gasteiger partial charge in [-0.3, -0.25) is 4.79 Å². The van der Waals surface area contributed by atoms with Crippen molar-refractivity contribution in [2.24, 2.45) is 0 Å². The minimum Gasteiger partial charge on any atom is -0.481 e. The average molecular weight is 295 g/mol. The van der Waals surface area contributed by atoms with Gasteiger partial charge in [-0.1, -0.05) is 12.1 Å². The van der Waals surface area contributed by atoms with Crippen LogP contribution in [0.5, 0.6) is 0 Å². The fourth-order valence-electron chi connectivity index (χ4n) is 1.52. The van der Waals surface area contributed by atoms with Crippen LogP contribution < -0.4 is 0 Å². The van der Waals surface area contributed by atoms with E-state index in [1.54, 1.807) is 6.33 Å². The first-order valence-electron chi connectivity index (χ1n) is 5.16. The van der Waals surface area contributed by atoms with E-state index in [-0.39, 0.29) is 6.42 Å². The van der Waals surface area contributed by atoms with Crippen molar-refractivity contribution in [3.05, 3.63) is 47.0 Å². The summed E-state index contributed by atoms with van der Waals surface area (Å²) in [5.74, 6) is -0.805. The molecule has 0 atom stereocenters. The van der Waals surface area contributed by atoms with Gasteiger partial charge in [-0.15, -0.1) is 0 Å². The predicted molar refractivity (Wildman–Crippen MR) is 67.2 cm³/mol. The Morgan fingerprint density at radius 2 is 2.18 bits per heavy atom. The Bertz CT molecular complexity index is 537. The van der Waals surface area contributed by atoms with Crippen LogP contribution in [-0.4, -0.2) is 20.6 Å². The van der Waals surface area contributed by atoms with Crippen LogP contribution in [0.1, 0.15) is 12.1 Å². The summed E-state index contributed by atoms with van der Waals surface area (Å²) in [6.07, 6.45) is 4.10. The summed E-state index contributed by atoms with van der Waals surface area (Å²) in [5, 5.41) is 8.60. The summed E-state index contributed by atoms with van der Waals surface area (Å²) in [4.78, 5) is 14.6. The molecular weight excluding hydrogens is 284 g/mol. The second-order valence-electron chi connectivity index (χ2n) is 3.62. The van der Waals surface area contributed by atoms with E-state index in [1.807, 2.05) is 35.0 Å². The molecule has 0 fully saturated rings. The van der Waals surface area contributed by atoms with Crippen molar-refractivity contribution in [1.29, 1.82) is 0 Å². The van der Waals surface area contributed by atoms with Crippen LogP contribution in [0.4, 0.5) is 0 Å². The van der Waals surface area contributed by atoms with Crippen LogP contribution in [-0.2, 0) is 11.2 Å². The lowest BCUT2D eigenvalue weighted by Crippen LogP contribution is -1.97. The van der Waals surface area contributed by atoms with Crippen molar-refractivity contribution in [3.63, 3.8) is 0 Å². The number of benzene rings is 1. The van der Waals surface area contributed by atoms with Gasteiger partial charge in [-0.25, -0.2) is 4.98 Å². The third-order valence-corrected chi connectivity index (χ3v) is 3.03. The summed E-state index contributed by atoms with van der Waals surface area (Å²) < 4.78 is 2.85. The third kappa shape index (κ3) is 2.94. The summed E-state index contributed by atoms with van der Waals surface area (Å²) in [5.41, 5.74) is 1.77. The zero-order valence-electron chi connectivity index (χ0n) is 9.01. The number of para-hydroxylation sites is 1. The molecular formula is C12H11BrN2O2. The lowest BCUT2D eigenvalue weighted by Gasteiger charge is -2.03. The van der Waals surface area contributed by atoms with Crippen LogP contribution in [0.3, 0.4) is 0 Å². The van der Waals surface area contributed by atoms with Crippen molar-refractivity contribution in [3.8, 4) is 5.69 Å². The van der Waals surface area contributed by atoms with E-state index in [4.69, 9.17) is 5.11 Å². The number of aliphatic carboxylic acids is 1. The number of nitrogens with zero attached hydrogens (tertiary/aromatic N) is 2. The number of halogens is 1. The normalized spacial score (nSPS) is 10.4. The highest BCUT2D eigenvalue weighted by Crippen LogP contribution is 2.20. The van der Waals surface area contributed by atoms with Crippen molar-refractivity contribution in [2.75, 3.05) is 0 Å². The van der Waals surface area contributed by atoms with Gasteiger partial charge in [0.2, 0.25) is 0 Å². The lowest BCUT2D eigenvalue weighted by atomic mass is 10.2. The molecule has 1 aromatic heterocycles. The molecule has 0 radical (unpaired) electrons. The van der Waals surface area contributed by atoms with Gasteiger partial charge in [0.1, 0.15) is 0 Å². The maximum atomic E-state index is 10.5. The predicted octanol–water partition coefficient (Wildman–Crippen LogP) is 2.65. The van der Waals surface area contributed by atoms with Crippen LogP contribution in [0, 0.1) is 0 Å². The Morgan fingerprint density at radius 1 is 1.41 bits per heavy atom. The van der Waals surface area contributed by atoms with Crippen molar-refractivity contribution >= 4 is 21.9 Å². The summed E-state index contributed by atoms with van der Waals surface area (Å²) in [7, 11) is 0. The highest BCUT2D eigenvalue weighted by molar-refractivity contribution is 9.10. The molecule has 17 heavy (non-hydrogen) atoms. The Morgan fingerprint density at radius 3 is 2.88 bits per heavy atom. The van der Waals surface area contributed by atoms with E-state index in [1.165, 1.54) is 0 Å². The molecule has 88 valence electrons. The van der Waals surface area contributed by atoms with E-state index >= 15 is 0 Å². The van der Waals surface area contributed by atoms with E-state index in [9.17, 15) is 4.79 Å². The van der Waals surface area contributed by atoms with E-state index in [0.717, 1.165) is 15.9 Å². The van der Waals surface area contributed by atoms with Crippen LogP contribution in [0.25, 0.3) is 5.69 Å². The number of aryl methyl sites for hydroxylation is 1. The number of carbonyl (C=O) groups is 1. The number of carboxylic acid groups (broad SMARTS) is 1. The van der Waals surface area contributed by atoms with Gasteiger partial charge in [0.15, 0.2) is 0 Å². The molecule has 0 saturated heterocycles. The highest BCUT2D eigenvalue weighted by Gasteiger charge is 2.05. The quantitative estimate of drug-likeness (QED) is 0.943. The third-order valence-electron chi connectivity index (χ3n) is 2.36. The van der Waals surface area contributed by atoms with Crippen LogP contribution in [0.15, 0.2) is 41.3 Å². The summed E-state index contributed by atoms with van der Waals surface area (Å²) >= 11 is 3.46. The Labute approximate surface area is 107 Å². The monoisotopic (exact) mass is 294 g/mol. The minimum atomic E-state index is -0.805. The molecule has 0 aliphatic heterocycles. The molecule has 0 unspecified atom stereocenters. The molecule has 1 aromatic carbocycles. The second kappa shape index (κ2) is 5.14. The molecule has 1 N–H and O–H groups in total. The molecule has 1 heterocycles. The zero-order valence-corrected chi connectivity index (χ0v) is 10.6. The standard InChI is InChI=1S/C12H11BrN2O2/c13-10-3-1-2-4-11(10)15-7-9(14-8-15)5-6-12(16)17/h1-4,7-8H,5-6H2,(H,16,17). The molecule has 0 aliphatic rings. The Hall–Kier alpha value is -1.62. The van der Waals surface area contributed by atoms with Gasteiger partial charge < -0.3 is 9.67 Å². The first kappa shape index (κ1) is 11.9. The first-order valence-corrected chi connectivity index (χ1v) is 5.95. The molecule has 0 amide bonds. The minimum absolute atomic E-state index is 0.104. The van der Waals surface area contributed by atoms with Crippen molar-refractivity contribution in [1.82, 2.24) is 9.55 Å². The molecule has 0 saturated carbocycles. The van der Waals surface area contributed by atoms with Gasteiger partial charge in [0.25, 0.3) is 0 Å². The van der Waals surface area contributed by atoms with Crippen LogP contribution >= 0.6 is 15.9 Å². The summed E-state index contributed by atoms with van der Waals surface area (Å²) in [6.45, 7) is 0. The second-order valence-corrected chi connectivity index (χ2v) is 4.47. The Kier molecular flexibility index (Phi) is 3.58. The summed E-state index contributed by atoms with van der Waals surface area (Å²) in [6, 6.07) is 7.80. The number of imidazole rings is 1. The number of hydrogen-bond donors (Lipinski definition) is 1. The van der Waals surface area contributed by atoms with Crippen molar-refractivity contribution < 1.29 is 9.90 Å². The molecule has 4 nitrogen and oxygen atoms in total.